The van der Waals surface area contributed by atoms with Crippen LogP contribution in [0.3, 0.4) is 0 Å². The Bertz CT molecular complexity index is 1010. The van der Waals surface area contributed by atoms with E-state index in [-0.39, 0.29) is 39.9 Å². The fourth-order valence-electron chi connectivity index (χ4n) is 3.04. The van der Waals surface area contributed by atoms with Crippen LogP contribution in [0.25, 0.3) is 0 Å². The Labute approximate surface area is 182 Å². The highest BCUT2D eigenvalue weighted by molar-refractivity contribution is 6.40. The standard InChI is InChI=1S/C20H19Cl2N3O5/c1-30-19(29)20(8-15(20)23)25-18(28)16-13(21)6-11(7-14(16)22)17(27)24-9-10-3-2-4-12(26)5-10/h2-7,15,26H,8-9,23H2,1H3,(H,24,27)(H,25,28)/t15-,20-/m1/s1. The SMILES string of the molecule is COC(=O)[C@@]1(NC(=O)c2c(Cl)cc(C(=O)NCc3cccc(O)c3)cc2Cl)C[C@H]1N. The molecule has 2 aromatic rings. The van der Waals surface area contributed by atoms with Gasteiger partial charge in [-0.15, -0.1) is 0 Å². The second-order valence-electron chi connectivity index (χ2n) is 6.90. The number of nitrogens with one attached hydrogen (secondary N) is 2. The molecule has 0 heterocycles. The molecule has 2 atom stereocenters. The van der Waals surface area contributed by atoms with Crippen LogP contribution in [0.4, 0.5) is 0 Å². The molecule has 2 aromatic carbocycles. The van der Waals surface area contributed by atoms with E-state index in [2.05, 4.69) is 10.6 Å². The van der Waals surface area contributed by atoms with E-state index in [1.807, 2.05) is 0 Å². The van der Waals surface area contributed by atoms with E-state index in [0.717, 1.165) is 0 Å². The van der Waals surface area contributed by atoms with Crippen molar-refractivity contribution in [3.05, 3.63) is 63.1 Å². The molecule has 1 saturated carbocycles. The van der Waals surface area contributed by atoms with Crippen LogP contribution in [-0.4, -0.2) is 41.6 Å². The third-order valence-electron chi connectivity index (χ3n) is 4.80. The van der Waals surface area contributed by atoms with Gasteiger partial charge in [-0.05, 0) is 29.8 Å². The van der Waals surface area contributed by atoms with E-state index in [1.54, 1.807) is 12.1 Å². The van der Waals surface area contributed by atoms with E-state index in [0.29, 0.717) is 5.56 Å². The zero-order chi connectivity index (χ0) is 22.1. The molecule has 0 aliphatic heterocycles. The average Bonchev–Trinajstić information content (AvgIpc) is 3.34. The van der Waals surface area contributed by atoms with E-state index < -0.39 is 29.4 Å². The van der Waals surface area contributed by atoms with E-state index in [4.69, 9.17) is 33.7 Å². The summed E-state index contributed by atoms with van der Waals surface area (Å²) in [6, 6.07) is 8.47. The number of phenolic OH excluding ortho intramolecular Hbond substituents is 1. The predicted octanol–water partition coefficient (Wildman–Crippen LogP) is 2.00. The molecule has 158 valence electrons. The highest BCUT2D eigenvalue weighted by atomic mass is 35.5. The number of aromatic hydroxyl groups is 1. The topological polar surface area (TPSA) is 131 Å². The third kappa shape index (κ3) is 4.35. The number of amides is 2. The molecule has 1 aliphatic rings. The van der Waals surface area contributed by atoms with Crippen molar-refractivity contribution < 1.29 is 24.2 Å². The molecule has 8 nitrogen and oxygen atoms in total. The molecule has 5 N–H and O–H groups in total. The number of carbonyl (C=O) groups is 3. The predicted molar refractivity (Wildman–Crippen MR) is 111 cm³/mol. The molecule has 10 heteroatoms. The zero-order valence-corrected chi connectivity index (χ0v) is 17.4. The van der Waals surface area contributed by atoms with Crippen LogP contribution in [-0.2, 0) is 16.1 Å². The normalized spacial score (nSPS) is 19.7. The van der Waals surface area contributed by atoms with Gasteiger partial charge in [0.2, 0.25) is 0 Å². The monoisotopic (exact) mass is 451 g/mol. The number of hydrogen-bond donors (Lipinski definition) is 4. The summed E-state index contributed by atoms with van der Waals surface area (Å²) in [4.78, 5) is 37.0. The number of methoxy groups -OCH3 is 1. The van der Waals surface area contributed by atoms with Gasteiger partial charge in [0.05, 0.1) is 22.7 Å². The molecule has 0 unspecified atom stereocenters. The van der Waals surface area contributed by atoms with Gasteiger partial charge in [-0.1, -0.05) is 35.3 Å². The first-order valence-corrected chi connectivity index (χ1v) is 9.65. The number of carbonyl (C=O) groups excluding carboxylic acids is 3. The summed E-state index contributed by atoms with van der Waals surface area (Å²) < 4.78 is 4.70. The number of rotatable bonds is 6. The maximum Gasteiger partial charge on any atom is 0.333 e. The Hall–Kier alpha value is -2.81. The third-order valence-corrected chi connectivity index (χ3v) is 5.39. The van der Waals surface area contributed by atoms with Gasteiger partial charge in [-0.2, -0.15) is 0 Å². The fraction of sp³-hybridized carbons (Fsp3) is 0.250. The molecule has 30 heavy (non-hydrogen) atoms. The minimum absolute atomic E-state index is 0.0586. The number of esters is 1. The molecule has 0 radical (unpaired) electrons. The maximum atomic E-state index is 12.7. The van der Waals surface area contributed by atoms with Crippen LogP contribution in [0, 0.1) is 0 Å². The maximum absolute atomic E-state index is 12.7. The second kappa shape index (κ2) is 8.51. The summed E-state index contributed by atoms with van der Waals surface area (Å²) in [5, 5.41) is 14.6. The Balaban J connectivity index is 1.74. The zero-order valence-electron chi connectivity index (χ0n) is 15.9. The molecule has 0 aromatic heterocycles. The van der Waals surface area contributed by atoms with Crippen molar-refractivity contribution in [2.24, 2.45) is 5.73 Å². The largest absolute Gasteiger partial charge is 0.508 e. The number of nitrogens with two attached hydrogens (primary N) is 1. The lowest BCUT2D eigenvalue weighted by molar-refractivity contribution is -0.144. The first kappa shape index (κ1) is 21.9. The molecule has 1 fully saturated rings. The summed E-state index contributed by atoms with van der Waals surface area (Å²) in [6.07, 6.45) is 0.232. The van der Waals surface area contributed by atoms with E-state index >= 15 is 0 Å². The molecule has 0 spiro atoms. The van der Waals surface area contributed by atoms with Crippen molar-refractivity contribution in [2.45, 2.75) is 24.5 Å². The number of benzene rings is 2. The van der Waals surface area contributed by atoms with Crippen LogP contribution < -0.4 is 16.4 Å². The lowest BCUT2D eigenvalue weighted by Crippen LogP contribution is -2.48. The molecule has 1 aliphatic carbocycles. The molecule has 2 amide bonds. The van der Waals surface area contributed by atoms with Crippen molar-refractivity contribution in [1.82, 2.24) is 10.6 Å². The smallest absolute Gasteiger partial charge is 0.333 e. The van der Waals surface area contributed by atoms with Crippen LogP contribution in [0.2, 0.25) is 10.0 Å². The highest BCUT2D eigenvalue weighted by Crippen LogP contribution is 2.37. The van der Waals surface area contributed by atoms with Gasteiger partial charge in [-0.25, -0.2) is 4.79 Å². The van der Waals surface area contributed by atoms with Crippen molar-refractivity contribution >= 4 is 41.0 Å². The number of hydrogen-bond acceptors (Lipinski definition) is 6. The van der Waals surface area contributed by atoms with Crippen molar-refractivity contribution in [3.8, 4) is 5.75 Å². The van der Waals surface area contributed by atoms with Gasteiger partial charge in [-0.3, -0.25) is 9.59 Å². The van der Waals surface area contributed by atoms with Crippen molar-refractivity contribution in [2.75, 3.05) is 7.11 Å². The van der Waals surface area contributed by atoms with Crippen LogP contribution >= 0.6 is 23.2 Å². The number of halogens is 2. The summed E-state index contributed by atoms with van der Waals surface area (Å²) in [6.45, 7) is 0.171. The van der Waals surface area contributed by atoms with Crippen LogP contribution in [0.15, 0.2) is 36.4 Å². The van der Waals surface area contributed by atoms with Crippen LogP contribution in [0.5, 0.6) is 5.75 Å². The van der Waals surface area contributed by atoms with E-state index in [1.165, 1.54) is 31.4 Å². The first-order valence-electron chi connectivity index (χ1n) is 8.89. The fourth-order valence-corrected chi connectivity index (χ4v) is 3.70. The van der Waals surface area contributed by atoms with Crippen molar-refractivity contribution in [1.29, 1.82) is 0 Å². The highest BCUT2D eigenvalue weighted by Gasteiger charge is 2.61. The Morgan fingerprint density at radius 1 is 1.20 bits per heavy atom. The second-order valence-corrected chi connectivity index (χ2v) is 7.71. The Kier molecular flexibility index (Phi) is 6.21. The molecule has 3 rings (SSSR count). The summed E-state index contributed by atoms with van der Waals surface area (Å²) in [7, 11) is 1.20. The average molecular weight is 452 g/mol. The molecular weight excluding hydrogens is 433 g/mol. The lowest BCUT2D eigenvalue weighted by atomic mass is 10.1. The molecule has 0 bridgehead atoms. The minimum Gasteiger partial charge on any atom is -0.508 e. The number of phenols is 1. The van der Waals surface area contributed by atoms with Gasteiger partial charge < -0.3 is 26.2 Å². The Morgan fingerprint density at radius 3 is 2.37 bits per heavy atom. The summed E-state index contributed by atoms with van der Waals surface area (Å²) >= 11 is 12.4. The van der Waals surface area contributed by atoms with Gasteiger partial charge in [0.1, 0.15) is 5.75 Å². The molecular formula is C20H19Cl2N3O5. The molecule has 0 saturated heterocycles. The quantitative estimate of drug-likeness (QED) is 0.496. The minimum atomic E-state index is -1.31. The van der Waals surface area contributed by atoms with Gasteiger partial charge in [0.25, 0.3) is 11.8 Å². The van der Waals surface area contributed by atoms with Crippen LogP contribution in [0.1, 0.15) is 32.7 Å². The van der Waals surface area contributed by atoms with E-state index in [9.17, 15) is 19.5 Å². The Morgan fingerprint density at radius 2 is 1.83 bits per heavy atom. The van der Waals surface area contributed by atoms with Crippen molar-refractivity contribution in [3.63, 3.8) is 0 Å². The summed E-state index contributed by atoms with van der Waals surface area (Å²) in [5.41, 5.74) is 5.24. The summed E-state index contributed by atoms with van der Waals surface area (Å²) in [5.74, 6) is -1.73. The number of ether oxygens (including phenoxy) is 1. The van der Waals surface area contributed by atoms with Gasteiger partial charge >= 0.3 is 5.97 Å². The van der Waals surface area contributed by atoms with Gasteiger partial charge in [0.15, 0.2) is 5.54 Å². The van der Waals surface area contributed by atoms with Gasteiger partial charge in [0, 0.05) is 24.6 Å². The lowest BCUT2D eigenvalue weighted by Gasteiger charge is -2.17. The first-order chi connectivity index (χ1) is 14.2.